The van der Waals surface area contributed by atoms with Gasteiger partial charge < -0.3 is 4.74 Å². The van der Waals surface area contributed by atoms with E-state index < -0.39 is 12.9 Å². The number of rotatable bonds is 7. The molecule has 1 fully saturated rings. The number of ether oxygens (including phenoxy) is 1. The molecule has 170 valence electrons. The molecule has 3 aromatic carbocycles. The molecule has 0 unspecified atom stereocenters. The lowest BCUT2D eigenvalue weighted by Crippen LogP contribution is -2.41. The molecule has 0 radical (unpaired) electrons. The molecule has 0 bridgehead atoms. The van der Waals surface area contributed by atoms with Crippen LogP contribution >= 0.6 is 6.89 Å². The van der Waals surface area contributed by atoms with E-state index in [1.54, 1.807) is 6.92 Å². The summed E-state index contributed by atoms with van der Waals surface area (Å²) in [5.74, 6) is -0.416. The van der Waals surface area contributed by atoms with E-state index in [9.17, 15) is 9.59 Å². The van der Waals surface area contributed by atoms with Gasteiger partial charge in [-0.1, -0.05) is 104 Å². The molecule has 3 aromatic rings. The third-order valence-electron chi connectivity index (χ3n) is 6.67. The number of esters is 1. The quantitative estimate of drug-likeness (QED) is 0.292. The summed E-state index contributed by atoms with van der Waals surface area (Å²) in [4.78, 5) is 28.1. The van der Waals surface area contributed by atoms with Gasteiger partial charge in [-0.25, -0.2) is 4.79 Å². The molecule has 33 heavy (non-hydrogen) atoms. The normalized spacial score (nSPS) is 18.0. The van der Waals surface area contributed by atoms with Crippen LogP contribution < -0.4 is 15.9 Å². The lowest BCUT2D eigenvalue weighted by molar-refractivity contribution is -0.135. The second-order valence-electron chi connectivity index (χ2n) is 8.63. The van der Waals surface area contributed by atoms with Crippen molar-refractivity contribution in [3.05, 3.63) is 91.0 Å². The molecular weight excluding hydrogens is 427 g/mol. The molecular formula is C29H31O3P. The fraction of sp³-hybridized carbons (Fsp3) is 0.276. The molecule has 0 amide bonds. The minimum absolute atomic E-state index is 0.0386. The highest BCUT2D eigenvalue weighted by Gasteiger charge is 2.42. The maximum atomic E-state index is 14.3. The van der Waals surface area contributed by atoms with E-state index in [4.69, 9.17) is 4.74 Å². The number of benzene rings is 3. The fourth-order valence-corrected chi connectivity index (χ4v) is 9.46. The van der Waals surface area contributed by atoms with Gasteiger partial charge in [0.25, 0.3) is 0 Å². The van der Waals surface area contributed by atoms with Gasteiger partial charge in [0, 0.05) is 5.92 Å². The molecule has 1 aliphatic rings. The zero-order valence-corrected chi connectivity index (χ0v) is 20.2. The first-order chi connectivity index (χ1) is 16.1. The van der Waals surface area contributed by atoms with Crippen molar-refractivity contribution < 1.29 is 14.3 Å². The van der Waals surface area contributed by atoms with Crippen LogP contribution in [0.1, 0.15) is 33.1 Å². The van der Waals surface area contributed by atoms with Gasteiger partial charge >= 0.3 is 5.97 Å². The highest BCUT2D eigenvalue weighted by molar-refractivity contribution is 7.97. The molecule has 2 atom stereocenters. The van der Waals surface area contributed by atoms with Crippen LogP contribution in [0.4, 0.5) is 0 Å². The Morgan fingerprint density at radius 1 is 0.788 bits per heavy atom. The highest BCUT2D eigenvalue weighted by Crippen LogP contribution is 2.48. The number of hydrogen-bond donors (Lipinski definition) is 0. The Balaban J connectivity index is 2.20. The molecule has 4 rings (SSSR count). The molecule has 4 heteroatoms. The smallest absolute Gasteiger partial charge is 0.342 e. The third-order valence-corrected chi connectivity index (χ3v) is 11.0. The van der Waals surface area contributed by atoms with Crippen molar-refractivity contribution in [1.82, 2.24) is 0 Å². The van der Waals surface area contributed by atoms with Gasteiger partial charge in [0.05, 0.1) is 6.61 Å². The first kappa shape index (κ1) is 23.3. The molecule has 0 aliphatic heterocycles. The summed E-state index contributed by atoms with van der Waals surface area (Å²) in [5.41, 5.74) is 0. The topological polar surface area (TPSA) is 43.4 Å². The van der Waals surface area contributed by atoms with Crippen LogP contribution in [0.15, 0.2) is 91.0 Å². The van der Waals surface area contributed by atoms with Crippen molar-refractivity contribution in [2.75, 3.05) is 6.61 Å². The Bertz CT molecular complexity index is 1050. The monoisotopic (exact) mass is 458 g/mol. The van der Waals surface area contributed by atoms with Crippen LogP contribution in [-0.2, 0) is 14.3 Å². The van der Waals surface area contributed by atoms with Gasteiger partial charge in [-0.3, -0.25) is 4.79 Å². The number of carbonyl (C=O) groups excluding carboxylic acids is 2. The van der Waals surface area contributed by atoms with Crippen molar-refractivity contribution in [2.45, 2.75) is 33.1 Å². The molecule has 0 spiro atoms. The van der Waals surface area contributed by atoms with Gasteiger partial charge in [0.1, 0.15) is 5.29 Å². The standard InChI is InChI=1S/C29H31O3P/c1-3-32-29(31)28(27(30)26-21-13-14-22(26)2)33(23-15-7-4-8-16-23,24-17-9-5-10-18-24)25-19-11-6-12-20-25/h4-12,15-20,22,26H,3,13-14,21H2,1-2H3/t22-,26-/m0/s1. The molecule has 1 aliphatic carbocycles. The lowest BCUT2D eigenvalue weighted by atomic mass is 9.92. The zero-order valence-electron chi connectivity index (χ0n) is 19.3. The Kier molecular flexibility index (Phi) is 7.30. The Labute approximate surface area is 196 Å². The van der Waals surface area contributed by atoms with E-state index >= 15 is 0 Å². The Hall–Kier alpha value is -2.90. The number of Topliss-reactive ketones (excluding diaryl/α,β-unsaturated/α-hetero) is 1. The largest absolute Gasteiger partial charge is 0.462 e. The van der Waals surface area contributed by atoms with Crippen molar-refractivity contribution in [3.63, 3.8) is 0 Å². The molecule has 1 saturated carbocycles. The molecule has 3 nitrogen and oxygen atoms in total. The maximum Gasteiger partial charge on any atom is 0.342 e. The van der Waals surface area contributed by atoms with Crippen LogP contribution in [0.5, 0.6) is 0 Å². The van der Waals surface area contributed by atoms with E-state index in [2.05, 4.69) is 43.3 Å². The van der Waals surface area contributed by atoms with Crippen LogP contribution in [0.2, 0.25) is 0 Å². The summed E-state index contributed by atoms with van der Waals surface area (Å²) >= 11 is 0. The predicted molar refractivity (Wildman–Crippen MR) is 138 cm³/mol. The van der Waals surface area contributed by atoms with Crippen molar-refractivity contribution >= 4 is 39.8 Å². The Morgan fingerprint density at radius 2 is 1.24 bits per heavy atom. The van der Waals surface area contributed by atoms with Gasteiger partial charge in [-0.15, -0.1) is 0 Å². The van der Waals surface area contributed by atoms with Crippen molar-refractivity contribution in [1.29, 1.82) is 0 Å². The Morgan fingerprint density at radius 3 is 1.61 bits per heavy atom. The van der Waals surface area contributed by atoms with Crippen LogP contribution in [-0.4, -0.2) is 23.7 Å². The first-order valence-corrected chi connectivity index (χ1v) is 13.5. The van der Waals surface area contributed by atoms with E-state index in [1.807, 2.05) is 54.6 Å². The second kappa shape index (κ2) is 10.4. The summed E-state index contributed by atoms with van der Waals surface area (Å²) in [7, 11) is 0. The second-order valence-corrected chi connectivity index (χ2v) is 12.0. The number of carbonyl (C=O) groups is 2. The summed E-state index contributed by atoms with van der Waals surface area (Å²) in [6.45, 7) is 1.37. The van der Waals surface area contributed by atoms with E-state index in [0.29, 0.717) is 5.29 Å². The van der Waals surface area contributed by atoms with Crippen molar-refractivity contribution in [3.8, 4) is 0 Å². The third kappa shape index (κ3) is 4.35. The predicted octanol–water partition coefficient (Wildman–Crippen LogP) is 4.72. The molecule has 0 N–H and O–H groups in total. The fourth-order valence-electron chi connectivity index (χ4n) is 5.10. The maximum absolute atomic E-state index is 14.3. The average Bonchev–Trinajstić information content (AvgIpc) is 3.29. The molecule has 0 heterocycles. The zero-order chi connectivity index (χ0) is 23.3. The lowest BCUT2D eigenvalue weighted by Gasteiger charge is -2.32. The number of ketones is 1. The minimum atomic E-state index is -2.79. The first-order valence-electron chi connectivity index (χ1n) is 11.8. The molecule has 0 aromatic heterocycles. The van der Waals surface area contributed by atoms with Crippen LogP contribution in [0, 0.1) is 11.8 Å². The van der Waals surface area contributed by atoms with Gasteiger partial charge in [-0.2, -0.15) is 0 Å². The summed E-state index contributed by atoms with van der Waals surface area (Å²) in [5, 5.41) is 3.30. The summed E-state index contributed by atoms with van der Waals surface area (Å²) in [6, 6.07) is 30.2. The summed E-state index contributed by atoms with van der Waals surface area (Å²) < 4.78 is 5.62. The van der Waals surface area contributed by atoms with Crippen LogP contribution in [0.25, 0.3) is 0 Å². The number of hydrogen-bond acceptors (Lipinski definition) is 3. The van der Waals surface area contributed by atoms with Gasteiger partial charge in [0.15, 0.2) is 5.78 Å². The van der Waals surface area contributed by atoms with Crippen molar-refractivity contribution in [2.24, 2.45) is 11.8 Å². The highest BCUT2D eigenvalue weighted by atomic mass is 31.2. The van der Waals surface area contributed by atoms with E-state index in [0.717, 1.165) is 35.2 Å². The van der Waals surface area contributed by atoms with Crippen LogP contribution in [0.3, 0.4) is 0 Å². The SMILES string of the molecule is CCOC(=O)C(C(=O)[C@H]1CCC[C@@H]1C)=P(c1ccccc1)(c1ccccc1)c1ccccc1. The van der Waals surface area contributed by atoms with E-state index in [-0.39, 0.29) is 24.2 Å². The van der Waals surface area contributed by atoms with Gasteiger partial charge in [0.2, 0.25) is 0 Å². The minimum Gasteiger partial charge on any atom is -0.462 e. The molecule has 0 saturated heterocycles. The average molecular weight is 459 g/mol. The summed E-state index contributed by atoms with van der Waals surface area (Å²) in [6.07, 6.45) is 2.85. The van der Waals surface area contributed by atoms with Gasteiger partial charge in [-0.05, 0) is 48.5 Å². The van der Waals surface area contributed by atoms with E-state index in [1.165, 1.54) is 0 Å².